The largest absolute Gasteiger partial charge is 0.356 e. The molecular weight excluding hydrogens is 230 g/mol. The van der Waals surface area contributed by atoms with Crippen LogP contribution in [0.25, 0.3) is 0 Å². The van der Waals surface area contributed by atoms with Crippen LogP contribution in [-0.2, 0) is 11.2 Å². The third-order valence-corrected chi connectivity index (χ3v) is 2.90. The normalized spacial score (nSPS) is 13.3. The lowest BCUT2D eigenvalue weighted by atomic mass is 9.85. The summed E-state index contributed by atoms with van der Waals surface area (Å²) >= 11 is 0. The molecular formula is C12H23N5O. The second kappa shape index (κ2) is 6.49. The molecule has 1 heterocycles. The van der Waals surface area contributed by atoms with Crippen molar-refractivity contribution >= 4 is 5.91 Å². The van der Waals surface area contributed by atoms with Crippen molar-refractivity contribution in [2.24, 2.45) is 11.1 Å². The van der Waals surface area contributed by atoms with Gasteiger partial charge in [0.25, 0.3) is 0 Å². The van der Waals surface area contributed by atoms with Crippen LogP contribution in [0.1, 0.15) is 39.4 Å². The molecule has 102 valence electrons. The standard InChI is InChI=1S/C12H23N5O/c1-12(2,3)9(13)7-11(18)14-6-4-5-10-15-8-16-17-10/h8-9H,4-7,13H2,1-3H3,(H,14,18)(H,15,16,17). The van der Waals surface area contributed by atoms with Gasteiger partial charge in [-0.15, -0.1) is 0 Å². The number of rotatable bonds is 6. The number of carbonyl (C=O) groups excluding carboxylic acids is 1. The van der Waals surface area contributed by atoms with Gasteiger partial charge in [-0.05, 0) is 11.8 Å². The van der Waals surface area contributed by atoms with Crippen molar-refractivity contribution in [2.75, 3.05) is 6.54 Å². The smallest absolute Gasteiger partial charge is 0.221 e. The van der Waals surface area contributed by atoms with E-state index in [1.54, 1.807) is 0 Å². The van der Waals surface area contributed by atoms with Gasteiger partial charge in [0.1, 0.15) is 12.2 Å². The molecule has 0 aliphatic rings. The van der Waals surface area contributed by atoms with E-state index in [0.29, 0.717) is 13.0 Å². The molecule has 0 saturated carbocycles. The summed E-state index contributed by atoms with van der Waals surface area (Å²) in [6, 6.07) is -0.119. The third-order valence-electron chi connectivity index (χ3n) is 2.90. The Morgan fingerprint density at radius 3 is 2.83 bits per heavy atom. The Morgan fingerprint density at radius 1 is 1.56 bits per heavy atom. The summed E-state index contributed by atoms with van der Waals surface area (Å²) in [6.45, 7) is 6.74. The zero-order chi connectivity index (χ0) is 13.6. The van der Waals surface area contributed by atoms with Gasteiger partial charge < -0.3 is 11.1 Å². The van der Waals surface area contributed by atoms with Crippen molar-refractivity contribution in [1.29, 1.82) is 0 Å². The molecule has 0 aromatic carbocycles. The van der Waals surface area contributed by atoms with E-state index in [1.165, 1.54) is 6.33 Å². The van der Waals surface area contributed by atoms with Crippen LogP contribution < -0.4 is 11.1 Å². The molecule has 1 amide bonds. The molecule has 1 aromatic rings. The van der Waals surface area contributed by atoms with Gasteiger partial charge in [-0.3, -0.25) is 9.89 Å². The average molecular weight is 253 g/mol. The molecule has 1 aromatic heterocycles. The first-order valence-corrected chi connectivity index (χ1v) is 6.26. The summed E-state index contributed by atoms with van der Waals surface area (Å²) in [5.74, 6) is 0.852. The fourth-order valence-electron chi connectivity index (χ4n) is 1.41. The number of H-pyrrole nitrogens is 1. The molecule has 0 spiro atoms. The van der Waals surface area contributed by atoms with E-state index in [0.717, 1.165) is 18.7 Å². The highest BCUT2D eigenvalue weighted by Crippen LogP contribution is 2.19. The fraction of sp³-hybridized carbons (Fsp3) is 0.750. The van der Waals surface area contributed by atoms with Crippen molar-refractivity contribution in [3.63, 3.8) is 0 Å². The Hall–Kier alpha value is -1.43. The number of nitrogens with zero attached hydrogens (tertiary/aromatic N) is 2. The van der Waals surface area contributed by atoms with Crippen molar-refractivity contribution in [3.05, 3.63) is 12.2 Å². The van der Waals surface area contributed by atoms with Crippen molar-refractivity contribution in [2.45, 2.75) is 46.1 Å². The topological polar surface area (TPSA) is 96.7 Å². The van der Waals surface area contributed by atoms with Gasteiger partial charge >= 0.3 is 0 Å². The summed E-state index contributed by atoms with van der Waals surface area (Å²) in [5, 5.41) is 9.41. The molecule has 1 atom stereocenters. The zero-order valence-electron chi connectivity index (χ0n) is 11.4. The fourth-order valence-corrected chi connectivity index (χ4v) is 1.41. The van der Waals surface area contributed by atoms with E-state index in [1.807, 2.05) is 20.8 Å². The number of nitrogens with two attached hydrogens (primary N) is 1. The van der Waals surface area contributed by atoms with Crippen molar-refractivity contribution in [1.82, 2.24) is 20.5 Å². The summed E-state index contributed by atoms with van der Waals surface area (Å²) in [6.07, 6.45) is 3.47. The van der Waals surface area contributed by atoms with Gasteiger partial charge in [0.2, 0.25) is 5.91 Å². The van der Waals surface area contributed by atoms with E-state index < -0.39 is 0 Å². The van der Waals surface area contributed by atoms with E-state index in [2.05, 4.69) is 20.5 Å². The number of amides is 1. The van der Waals surface area contributed by atoms with Crippen LogP contribution in [0.2, 0.25) is 0 Å². The van der Waals surface area contributed by atoms with Gasteiger partial charge in [0.15, 0.2) is 0 Å². The lowest BCUT2D eigenvalue weighted by Gasteiger charge is -2.26. The molecule has 6 heteroatoms. The van der Waals surface area contributed by atoms with E-state index >= 15 is 0 Å². The Bertz CT molecular complexity index is 355. The Kier molecular flexibility index (Phi) is 5.27. The number of nitrogens with one attached hydrogen (secondary N) is 2. The molecule has 0 saturated heterocycles. The van der Waals surface area contributed by atoms with Crippen LogP contribution in [-0.4, -0.2) is 33.7 Å². The van der Waals surface area contributed by atoms with E-state index in [9.17, 15) is 4.79 Å². The lowest BCUT2D eigenvalue weighted by molar-refractivity contribution is -0.121. The molecule has 0 aliphatic carbocycles. The number of hydrogen-bond acceptors (Lipinski definition) is 4. The molecule has 4 N–H and O–H groups in total. The first-order valence-electron chi connectivity index (χ1n) is 6.26. The summed E-state index contributed by atoms with van der Waals surface area (Å²) in [5.41, 5.74) is 5.90. The minimum atomic E-state index is -0.119. The molecule has 1 unspecified atom stereocenters. The maximum Gasteiger partial charge on any atom is 0.221 e. The van der Waals surface area contributed by atoms with Gasteiger partial charge in [-0.25, -0.2) is 4.98 Å². The molecule has 1 rings (SSSR count). The number of carbonyl (C=O) groups is 1. The van der Waals surface area contributed by atoms with Crippen molar-refractivity contribution < 1.29 is 4.79 Å². The van der Waals surface area contributed by atoms with Crippen LogP contribution in [0.3, 0.4) is 0 Å². The molecule has 0 radical (unpaired) electrons. The maximum absolute atomic E-state index is 11.6. The molecule has 18 heavy (non-hydrogen) atoms. The van der Waals surface area contributed by atoms with Crippen LogP contribution in [0.4, 0.5) is 0 Å². The van der Waals surface area contributed by atoms with Gasteiger partial charge in [0, 0.05) is 25.4 Å². The predicted octanol–water partition coefficient (Wildman–Crippen LogP) is 0.617. The third kappa shape index (κ3) is 5.27. The average Bonchev–Trinajstić information content (AvgIpc) is 2.75. The molecule has 0 bridgehead atoms. The van der Waals surface area contributed by atoms with Crippen LogP contribution in [0.15, 0.2) is 6.33 Å². The van der Waals surface area contributed by atoms with Crippen LogP contribution in [0.5, 0.6) is 0 Å². The number of aromatic nitrogens is 3. The van der Waals surface area contributed by atoms with E-state index in [-0.39, 0.29) is 17.4 Å². The Morgan fingerprint density at radius 2 is 2.28 bits per heavy atom. The minimum absolute atomic E-state index is 0.00925. The highest BCUT2D eigenvalue weighted by Gasteiger charge is 2.22. The maximum atomic E-state index is 11.6. The molecule has 0 fully saturated rings. The summed E-state index contributed by atoms with van der Waals surface area (Å²) in [4.78, 5) is 15.6. The molecule has 0 aliphatic heterocycles. The zero-order valence-corrected chi connectivity index (χ0v) is 11.4. The van der Waals surface area contributed by atoms with Gasteiger partial charge in [-0.1, -0.05) is 20.8 Å². The number of hydrogen-bond donors (Lipinski definition) is 3. The Labute approximate surface area is 108 Å². The van der Waals surface area contributed by atoms with Gasteiger partial charge in [-0.2, -0.15) is 5.10 Å². The Balaban J connectivity index is 2.14. The monoisotopic (exact) mass is 253 g/mol. The lowest BCUT2D eigenvalue weighted by Crippen LogP contribution is -2.40. The summed E-state index contributed by atoms with van der Waals surface area (Å²) in [7, 11) is 0. The highest BCUT2D eigenvalue weighted by atomic mass is 16.1. The first-order chi connectivity index (χ1) is 8.39. The minimum Gasteiger partial charge on any atom is -0.356 e. The molecule has 6 nitrogen and oxygen atoms in total. The first kappa shape index (κ1) is 14.6. The van der Waals surface area contributed by atoms with Crippen LogP contribution >= 0.6 is 0 Å². The van der Waals surface area contributed by atoms with Gasteiger partial charge in [0.05, 0.1) is 0 Å². The summed E-state index contributed by atoms with van der Waals surface area (Å²) < 4.78 is 0. The second-order valence-electron chi connectivity index (χ2n) is 5.56. The number of aryl methyl sites for hydroxylation is 1. The van der Waals surface area contributed by atoms with Crippen molar-refractivity contribution in [3.8, 4) is 0 Å². The predicted molar refractivity (Wildman–Crippen MR) is 69.8 cm³/mol. The highest BCUT2D eigenvalue weighted by molar-refractivity contribution is 5.76. The quantitative estimate of drug-likeness (QED) is 0.647. The van der Waals surface area contributed by atoms with E-state index in [4.69, 9.17) is 5.73 Å². The van der Waals surface area contributed by atoms with Crippen LogP contribution in [0, 0.1) is 5.41 Å². The SMILES string of the molecule is CC(C)(C)C(N)CC(=O)NCCCc1ncn[nH]1. The second-order valence-corrected chi connectivity index (χ2v) is 5.56. The number of aromatic amines is 1.